The molecule has 2 heterocycles. The van der Waals surface area contributed by atoms with Gasteiger partial charge in [0.1, 0.15) is 0 Å². The number of nitrogens with zero attached hydrogens (tertiary/aromatic N) is 1. The van der Waals surface area contributed by atoms with Crippen LogP contribution in [-0.4, -0.2) is 25.3 Å². The van der Waals surface area contributed by atoms with Gasteiger partial charge in [-0.3, -0.25) is 0 Å². The first-order chi connectivity index (χ1) is 8.24. The molecule has 0 amide bonds. The summed E-state index contributed by atoms with van der Waals surface area (Å²) in [6.07, 6.45) is 3.91. The number of hydrogen-bond acceptors (Lipinski definition) is 3. The molecule has 0 radical (unpaired) electrons. The van der Waals surface area contributed by atoms with Crippen LogP contribution in [0.2, 0.25) is 0 Å². The topological polar surface area (TPSA) is 38.5 Å². The van der Waals surface area contributed by atoms with Crippen molar-refractivity contribution in [1.29, 1.82) is 0 Å². The predicted octanol–water partition coefficient (Wildman–Crippen LogP) is 1.61. The maximum absolute atomic E-state index is 6.27. The molecular weight excluding hydrogens is 212 g/mol. The zero-order chi connectivity index (χ0) is 11.5. The van der Waals surface area contributed by atoms with E-state index in [2.05, 4.69) is 29.2 Å². The maximum Gasteiger partial charge on any atom is 0.0771 e. The number of nitrogens with two attached hydrogens (primary N) is 1. The molecule has 2 N–H and O–H groups in total. The van der Waals surface area contributed by atoms with Gasteiger partial charge in [0.05, 0.1) is 18.8 Å². The van der Waals surface area contributed by atoms with E-state index in [1.165, 1.54) is 17.7 Å². The smallest absolute Gasteiger partial charge is 0.0771 e. The van der Waals surface area contributed by atoms with Crippen LogP contribution in [-0.2, 0) is 10.3 Å². The van der Waals surface area contributed by atoms with Crippen LogP contribution in [0.5, 0.6) is 0 Å². The van der Waals surface area contributed by atoms with Crippen LogP contribution in [0.1, 0.15) is 24.8 Å². The first-order valence-electron chi connectivity index (χ1n) is 6.52. The van der Waals surface area contributed by atoms with Gasteiger partial charge in [-0.25, -0.2) is 0 Å². The minimum absolute atomic E-state index is 0.0226. The standard InChI is InChI=1S/C14H18N2O/c15-14(4-5-14)10-2-1-3-11(6-10)16-8-13-7-12(16)9-17-13/h1-3,6,12-13H,4-5,7-9,15H2/t12-,13+/m0/s1. The molecule has 2 bridgehead atoms. The molecule has 3 aliphatic rings. The van der Waals surface area contributed by atoms with E-state index in [0.717, 1.165) is 26.0 Å². The molecule has 3 nitrogen and oxygen atoms in total. The van der Waals surface area contributed by atoms with Crippen LogP contribution < -0.4 is 10.6 Å². The number of morpholine rings is 1. The lowest BCUT2D eigenvalue weighted by atomic mass is 10.0. The van der Waals surface area contributed by atoms with Gasteiger partial charge in [-0.2, -0.15) is 0 Å². The van der Waals surface area contributed by atoms with Crippen LogP contribution in [0.4, 0.5) is 5.69 Å². The first kappa shape index (κ1) is 9.92. The van der Waals surface area contributed by atoms with Crippen molar-refractivity contribution in [3.05, 3.63) is 29.8 Å². The molecule has 2 atom stereocenters. The lowest BCUT2D eigenvalue weighted by molar-refractivity contribution is 0.0991. The summed E-state index contributed by atoms with van der Waals surface area (Å²) in [5.74, 6) is 0. The largest absolute Gasteiger partial charge is 0.374 e. The van der Waals surface area contributed by atoms with Crippen LogP contribution >= 0.6 is 0 Å². The third kappa shape index (κ3) is 1.49. The van der Waals surface area contributed by atoms with Crippen molar-refractivity contribution in [3.8, 4) is 0 Å². The van der Waals surface area contributed by atoms with E-state index in [0.29, 0.717) is 12.1 Å². The molecule has 0 aromatic heterocycles. The summed E-state index contributed by atoms with van der Waals surface area (Å²) in [5.41, 5.74) is 8.88. The van der Waals surface area contributed by atoms with Gasteiger partial charge >= 0.3 is 0 Å². The van der Waals surface area contributed by atoms with Crippen molar-refractivity contribution in [3.63, 3.8) is 0 Å². The molecule has 17 heavy (non-hydrogen) atoms. The Morgan fingerprint density at radius 3 is 2.88 bits per heavy atom. The Labute approximate surface area is 102 Å². The number of benzene rings is 1. The molecule has 0 spiro atoms. The molecule has 1 aromatic rings. The van der Waals surface area contributed by atoms with Gasteiger partial charge in [0.15, 0.2) is 0 Å². The highest BCUT2D eigenvalue weighted by atomic mass is 16.5. The van der Waals surface area contributed by atoms with E-state index in [-0.39, 0.29) is 5.54 Å². The SMILES string of the molecule is NC1(c2cccc(N3C[C@H]4C[C@H]3CO4)c2)CC1. The first-order valence-corrected chi connectivity index (χ1v) is 6.52. The van der Waals surface area contributed by atoms with Crippen LogP contribution in [0.25, 0.3) is 0 Å². The monoisotopic (exact) mass is 230 g/mol. The van der Waals surface area contributed by atoms with Crippen LogP contribution in [0.3, 0.4) is 0 Å². The number of hydrogen-bond donors (Lipinski definition) is 1. The van der Waals surface area contributed by atoms with Gasteiger partial charge in [-0.05, 0) is 37.0 Å². The Morgan fingerprint density at radius 2 is 2.24 bits per heavy atom. The van der Waals surface area contributed by atoms with E-state index in [9.17, 15) is 0 Å². The zero-order valence-corrected chi connectivity index (χ0v) is 9.93. The molecule has 1 saturated carbocycles. The quantitative estimate of drug-likeness (QED) is 0.839. The average molecular weight is 230 g/mol. The van der Waals surface area contributed by atoms with E-state index < -0.39 is 0 Å². The summed E-state index contributed by atoms with van der Waals surface area (Å²) >= 11 is 0. The van der Waals surface area contributed by atoms with Gasteiger partial charge in [-0.1, -0.05) is 12.1 Å². The second kappa shape index (κ2) is 3.24. The fourth-order valence-corrected chi connectivity index (χ4v) is 3.13. The third-order valence-corrected chi connectivity index (χ3v) is 4.44. The molecule has 3 heteroatoms. The van der Waals surface area contributed by atoms with Gasteiger partial charge in [0, 0.05) is 17.8 Å². The fraction of sp³-hybridized carbons (Fsp3) is 0.571. The number of anilines is 1. The molecule has 90 valence electrons. The summed E-state index contributed by atoms with van der Waals surface area (Å²) in [6.45, 7) is 1.94. The number of fused-ring (bicyclic) bond motifs is 2. The maximum atomic E-state index is 6.27. The van der Waals surface area contributed by atoms with Gasteiger partial charge < -0.3 is 15.4 Å². The summed E-state index contributed by atoms with van der Waals surface area (Å²) in [6, 6.07) is 9.39. The van der Waals surface area contributed by atoms with Gasteiger partial charge in [-0.15, -0.1) is 0 Å². The highest BCUT2D eigenvalue weighted by Crippen LogP contribution is 2.44. The number of ether oxygens (including phenoxy) is 1. The summed E-state index contributed by atoms with van der Waals surface area (Å²) < 4.78 is 5.65. The van der Waals surface area contributed by atoms with E-state index in [1.807, 2.05) is 0 Å². The number of rotatable bonds is 2. The minimum Gasteiger partial charge on any atom is -0.374 e. The highest BCUT2D eigenvalue weighted by molar-refractivity contribution is 5.53. The van der Waals surface area contributed by atoms with Crippen molar-refractivity contribution in [2.24, 2.45) is 5.73 Å². The Kier molecular flexibility index (Phi) is 1.89. The van der Waals surface area contributed by atoms with E-state index >= 15 is 0 Å². The van der Waals surface area contributed by atoms with Crippen molar-refractivity contribution in [2.45, 2.75) is 36.9 Å². The second-order valence-corrected chi connectivity index (χ2v) is 5.70. The van der Waals surface area contributed by atoms with E-state index in [1.54, 1.807) is 0 Å². The van der Waals surface area contributed by atoms with E-state index in [4.69, 9.17) is 10.5 Å². The fourth-order valence-electron chi connectivity index (χ4n) is 3.13. The zero-order valence-electron chi connectivity index (χ0n) is 9.93. The summed E-state index contributed by atoms with van der Waals surface area (Å²) in [4.78, 5) is 2.49. The summed E-state index contributed by atoms with van der Waals surface area (Å²) in [5, 5.41) is 0. The normalized spacial score (nSPS) is 33.1. The van der Waals surface area contributed by atoms with Crippen molar-refractivity contribution in [2.75, 3.05) is 18.1 Å². The Morgan fingerprint density at radius 1 is 1.35 bits per heavy atom. The van der Waals surface area contributed by atoms with Gasteiger partial charge in [0.2, 0.25) is 0 Å². The van der Waals surface area contributed by atoms with Crippen molar-refractivity contribution in [1.82, 2.24) is 0 Å². The van der Waals surface area contributed by atoms with Crippen molar-refractivity contribution >= 4 is 5.69 Å². The van der Waals surface area contributed by atoms with Gasteiger partial charge in [0.25, 0.3) is 0 Å². The highest BCUT2D eigenvalue weighted by Gasteiger charge is 2.42. The van der Waals surface area contributed by atoms with Crippen LogP contribution in [0.15, 0.2) is 24.3 Å². The predicted molar refractivity (Wildman–Crippen MR) is 67.0 cm³/mol. The molecule has 1 aliphatic carbocycles. The lowest BCUT2D eigenvalue weighted by Gasteiger charge is -2.29. The molecular formula is C14H18N2O. The Bertz CT molecular complexity index is 455. The third-order valence-electron chi connectivity index (χ3n) is 4.44. The molecule has 0 unspecified atom stereocenters. The van der Waals surface area contributed by atoms with Crippen molar-refractivity contribution < 1.29 is 4.74 Å². The molecule has 2 saturated heterocycles. The van der Waals surface area contributed by atoms with Crippen LogP contribution in [0, 0.1) is 0 Å². The Balaban J connectivity index is 1.65. The Hall–Kier alpha value is -1.06. The molecule has 2 aliphatic heterocycles. The molecule has 4 rings (SSSR count). The lowest BCUT2D eigenvalue weighted by Crippen LogP contribution is -2.37. The average Bonchev–Trinajstić information content (AvgIpc) is 2.82. The molecule has 1 aromatic carbocycles. The second-order valence-electron chi connectivity index (χ2n) is 5.70. The minimum atomic E-state index is -0.0226. The summed E-state index contributed by atoms with van der Waals surface area (Å²) in [7, 11) is 0. The molecule has 3 fully saturated rings.